The zero-order chi connectivity index (χ0) is 23.1. The van der Waals surface area contributed by atoms with Crippen molar-refractivity contribution >= 4 is 11.7 Å². The lowest BCUT2D eigenvalue weighted by Gasteiger charge is -2.24. The van der Waals surface area contributed by atoms with Gasteiger partial charge in [-0.1, -0.05) is 30.3 Å². The molecule has 1 aliphatic heterocycles. The van der Waals surface area contributed by atoms with Gasteiger partial charge in [-0.25, -0.2) is 4.98 Å². The quantitative estimate of drug-likeness (QED) is 0.513. The van der Waals surface area contributed by atoms with Crippen LogP contribution in [0.3, 0.4) is 0 Å². The van der Waals surface area contributed by atoms with Crippen molar-refractivity contribution in [2.45, 2.75) is 33.1 Å². The van der Waals surface area contributed by atoms with Crippen molar-refractivity contribution in [3.63, 3.8) is 0 Å². The third-order valence-electron chi connectivity index (χ3n) is 6.14. The summed E-state index contributed by atoms with van der Waals surface area (Å²) in [5.74, 6) is 1.46. The molecule has 0 aliphatic carbocycles. The Morgan fingerprint density at radius 3 is 2.73 bits per heavy atom. The fourth-order valence-electron chi connectivity index (χ4n) is 4.26. The summed E-state index contributed by atoms with van der Waals surface area (Å²) in [7, 11) is 1.62. The number of ether oxygens (including phenoxy) is 1. The van der Waals surface area contributed by atoms with Crippen molar-refractivity contribution in [2.24, 2.45) is 0 Å². The zero-order valence-electron chi connectivity index (χ0n) is 19.0. The summed E-state index contributed by atoms with van der Waals surface area (Å²) in [6.45, 7) is 6.11. The van der Waals surface area contributed by atoms with E-state index in [0.29, 0.717) is 23.9 Å². The topological polar surface area (TPSA) is 94.8 Å². The van der Waals surface area contributed by atoms with E-state index in [1.807, 2.05) is 31.2 Å². The van der Waals surface area contributed by atoms with Gasteiger partial charge >= 0.3 is 0 Å². The van der Waals surface area contributed by atoms with Crippen LogP contribution in [0.5, 0.6) is 5.75 Å². The number of anilines is 1. The Balaban J connectivity index is 1.60. The van der Waals surface area contributed by atoms with Crippen LogP contribution in [0.1, 0.15) is 40.3 Å². The molecule has 4 aromatic rings. The van der Waals surface area contributed by atoms with E-state index in [4.69, 9.17) is 9.84 Å². The maximum Gasteiger partial charge on any atom is 0.272 e. The number of amides is 1. The van der Waals surface area contributed by atoms with Gasteiger partial charge in [0.1, 0.15) is 11.6 Å². The van der Waals surface area contributed by atoms with Crippen molar-refractivity contribution in [1.29, 1.82) is 0 Å². The molecule has 166 valence electrons. The molecule has 1 amide bonds. The first-order valence-electron chi connectivity index (χ1n) is 10.8. The summed E-state index contributed by atoms with van der Waals surface area (Å²) < 4.78 is 6.90. The van der Waals surface area contributed by atoms with E-state index in [0.717, 1.165) is 28.1 Å². The first kappa shape index (κ1) is 20.8. The van der Waals surface area contributed by atoms with Crippen LogP contribution in [0.25, 0.3) is 17.2 Å². The van der Waals surface area contributed by atoms with Gasteiger partial charge in [0, 0.05) is 23.5 Å². The van der Waals surface area contributed by atoms with E-state index in [-0.39, 0.29) is 11.8 Å². The number of carbonyl (C=O) groups is 1. The van der Waals surface area contributed by atoms with E-state index in [2.05, 4.69) is 52.5 Å². The highest BCUT2D eigenvalue weighted by Crippen LogP contribution is 2.40. The molecule has 0 saturated carbocycles. The predicted molar refractivity (Wildman–Crippen MR) is 125 cm³/mol. The van der Waals surface area contributed by atoms with Gasteiger partial charge in [0.05, 0.1) is 24.7 Å². The summed E-state index contributed by atoms with van der Waals surface area (Å²) in [6, 6.07) is 13.9. The molecule has 0 unspecified atom stereocenters. The molecule has 1 atom stereocenters. The Morgan fingerprint density at radius 1 is 1.09 bits per heavy atom. The Labute approximate surface area is 191 Å². The minimum Gasteiger partial charge on any atom is -0.497 e. The average molecular weight is 441 g/mol. The SMILES string of the molecule is COc1cccc(-c2cnnc(-n3nc(C)c4c3NC(=O)C[C@H]4c3ccc(C)c(C)c3)n2)c1. The van der Waals surface area contributed by atoms with Crippen molar-refractivity contribution < 1.29 is 9.53 Å². The van der Waals surface area contributed by atoms with Gasteiger partial charge < -0.3 is 10.1 Å². The summed E-state index contributed by atoms with van der Waals surface area (Å²) in [6.07, 6.45) is 1.96. The van der Waals surface area contributed by atoms with Crippen molar-refractivity contribution in [2.75, 3.05) is 12.4 Å². The van der Waals surface area contributed by atoms with Crippen LogP contribution in [-0.2, 0) is 4.79 Å². The van der Waals surface area contributed by atoms with Crippen LogP contribution in [0.2, 0.25) is 0 Å². The Hall–Kier alpha value is -4.07. The lowest BCUT2D eigenvalue weighted by Crippen LogP contribution is -2.25. The number of hydrogen-bond donors (Lipinski definition) is 1. The summed E-state index contributed by atoms with van der Waals surface area (Å²) in [4.78, 5) is 17.4. The van der Waals surface area contributed by atoms with Crippen LogP contribution in [0.4, 0.5) is 5.82 Å². The summed E-state index contributed by atoms with van der Waals surface area (Å²) in [5, 5.41) is 16.0. The number of aromatic nitrogens is 5. The van der Waals surface area contributed by atoms with E-state index in [1.165, 1.54) is 11.1 Å². The van der Waals surface area contributed by atoms with Gasteiger partial charge in [0.15, 0.2) is 0 Å². The predicted octanol–water partition coefficient (Wildman–Crippen LogP) is 4.13. The number of rotatable bonds is 4. The third-order valence-corrected chi connectivity index (χ3v) is 6.14. The molecule has 8 heteroatoms. The fourth-order valence-corrected chi connectivity index (χ4v) is 4.26. The van der Waals surface area contributed by atoms with Gasteiger partial charge in [-0.05, 0) is 49.6 Å². The molecule has 3 heterocycles. The van der Waals surface area contributed by atoms with Crippen molar-refractivity contribution in [3.05, 3.63) is 76.6 Å². The molecule has 0 bridgehead atoms. The average Bonchev–Trinajstić information content (AvgIpc) is 3.16. The van der Waals surface area contributed by atoms with Gasteiger partial charge in [0.25, 0.3) is 5.95 Å². The van der Waals surface area contributed by atoms with E-state index in [9.17, 15) is 4.79 Å². The molecule has 8 nitrogen and oxygen atoms in total. The normalized spacial score (nSPS) is 15.2. The highest BCUT2D eigenvalue weighted by Gasteiger charge is 2.33. The molecule has 0 saturated heterocycles. The molecular formula is C25H24N6O2. The molecular weight excluding hydrogens is 416 g/mol. The number of nitrogens with zero attached hydrogens (tertiary/aromatic N) is 5. The minimum absolute atomic E-state index is 0.0659. The molecule has 1 aliphatic rings. The monoisotopic (exact) mass is 440 g/mol. The maximum atomic E-state index is 12.7. The Kier molecular flexibility index (Phi) is 5.12. The number of benzene rings is 2. The summed E-state index contributed by atoms with van der Waals surface area (Å²) >= 11 is 0. The molecule has 0 radical (unpaired) electrons. The molecule has 0 fully saturated rings. The highest BCUT2D eigenvalue weighted by atomic mass is 16.5. The van der Waals surface area contributed by atoms with Gasteiger partial charge in [-0.2, -0.15) is 14.9 Å². The molecule has 1 N–H and O–H groups in total. The number of hydrogen-bond acceptors (Lipinski definition) is 6. The second-order valence-electron chi connectivity index (χ2n) is 8.28. The molecule has 2 aromatic carbocycles. The van der Waals surface area contributed by atoms with Gasteiger partial charge in [-0.15, -0.1) is 5.10 Å². The van der Waals surface area contributed by atoms with Crippen molar-refractivity contribution in [3.8, 4) is 23.0 Å². The van der Waals surface area contributed by atoms with Crippen molar-refractivity contribution in [1.82, 2.24) is 25.0 Å². The number of methoxy groups -OCH3 is 1. The smallest absolute Gasteiger partial charge is 0.272 e. The van der Waals surface area contributed by atoms with Crippen LogP contribution in [-0.4, -0.2) is 38.0 Å². The van der Waals surface area contributed by atoms with E-state index >= 15 is 0 Å². The molecule has 0 spiro atoms. The second kappa shape index (κ2) is 8.12. The van der Waals surface area contributed by atoms with Gasteiger partial charge in [0.2, 0.25) is 5.91 Å². The van der Waals surface area contributed by atoms with Crippen LogP contribution in [0, 0.1) is 20.8 Å². The van der Waals surface area contributed by atoms with Crippen LogP contribution >= 0.6 is 0 Å². The molecule has 33 heavy (non-hydrogen) atoms. The van der Waals surface area contributed by atoms with E-state index < -0.39 is 0 Å². The third kappa shape index (κ3) is 3.73. The first-order valence-corrected chi connectivity index (χ1v) is 10.8. The standard InChI is InChI=1S/C25H24N6O2/c1-14-8-9-17(10-15(14)2)20-12-22(32)28-24-23(20)16(3)30-31(24)25-27-21(13-26-29-25)18-6-5-7-19(11-18)33-4/h5-11,13,20H,12H2,1-4H3,(H,28,32)/t20-/m0/s1. The van der Waals surface area contributed by atoms with Gasteiger partial charge in [-0.3, -0.25) is 4.79 Å². The molecule has 5 rings (SSSR count). The lowest BCUT2D eigenvalue weighted by atomic mass is 9.84. The Bertz CT molecular complexity index is 1380. The van der Waals surface area contributed by atoms with Crippen LogP contribution < -0.4 is 10.1 Å². The molecule has 2 aromatic heterocycles. The number of fused-ring (bicyclic) bond motifs is 1. The van der Waals surface area contributed by atoms with Crippen LogP contribution in [0.15, 0.2) is 48.7 Å². The minimum atomic E-state index is -0.0867. The number of nitrogens with one attached hydrogen (secondary N) is 1. The summed E-state index contributed by atoms with van der Waals surface area (Å²) in [5.41, 5.74) is 6.80. The zero-order valence-corrected chi connectivity index (χ0v) is 19.0. The lowest BCUT2D eigenvalue weighted by molar-refractivity contribution is -0.116. The largest absolute Gasteiger partial charge is 0.497 e. The number of carbonyl (C=O) groups excluding carboxylic acids is 1. The van der Waals surface area contributed by atoms with E-state index in [1.54, 1.807) is 18.0 Å². The fraction of sp³-hybridized carbons (Fsp3) is 0.240. The number of aryl methyl sites for hydroxylation is 3. The second-order valence-corrected chi connectivity index (χ2v) is 8.28. The Morgan fingerprint density at radius 2 is 1.94 bits per heavy atom. The highest BCUT2D eigenvalue weighted by molar-refractivity contribution is 5.95. The first-order chi connectivity index (χ1) is 15.9. The maximum absolute atomic E-state index is 12.7.